The third-order valence-corrected chi connectivity index (χ3v) is 8.84. The summed E-state index contributed by atoms with van der Waals surface area (Å²) in [5.74, 6) is 0.836. The summed E-state index contributed by atoms with van der Waals surface area (Å²) >= 11 is 6.59. The molecule has 2 aromatic heterocycles. The van der Waals surface area contributed by atoms with E-state index in [0.717, 1.165) is 22.4 Å². The Morgan fingerprint density at radius 2 is 1.65 bits per heavy atom. The van der Waals surface area contributed by atoms with Gasteiger partial charge in [0.15, 0.2) is 0 Å². The fraction of sp³-hybridized carbons (Fsp3) is 0.300. The van der Waals surface area contributed by atoms with Crippen molar-refractivity contribution in [3.63, 3.8) is 0 Å². The quantitative estimate of drug-likeness (QED) is 0.0978. The van der Waals surface area contributed by atoms with E-state index >= 15 is 0 Å². The average molecular weight is 757 g/mol. The summed E-state index contributed by atoms with van der Waals surface area (Å²) in [5, 5.41) is 31.3. The number of aryl methyl sites for hydroxylation is 2. The fourth-order valence-corrected chi connectivity index (χ4v) is 5.81. The van der Waals surface area contributed by atoms with E-state index in [1.807, 2.05) is 70.2 Å². The topological polar surface area (TPSA) is 169 Å². The van der Waals surface area contributed by atoms with Gasteiger partial charge in [-0.05, 0) is 54.8 Å². The van der Waals surface area contributed by atoms with Gasteiger partial charge in [0, 0.05) is 48.0 Å². The smallest absolute Gasteiger partial charge is 0.320 e. The number of hydrogen-bond donors (Lipinski definition) is 5. The molecule has 14 heteroatoms. The minimum Gasteiger partial charge on any atom is -0.491 e. The van der Waals surface area contributed by atoms with Crippen LogP contribution >= 0.6 is 11.6 Å². The predicted molar refractivity (Wildman–Crippen MR) is 207 cm³/mol. The van der Waals surface area contributed by atoms with Crippen molar-refractivity contribution < 1.29 is 29.3 Å². The Labute approximate surface area is 318 Å². The number of carbonyl (C=O) groups excluding carboxylic acids is 2. The monoisotopic (exact) mass is 756 g/mol. The Kier molecular flexibility index (Phi) is 12.8. The number of benzene rings is 3. The normalized spacial score (nSPS) is 11.3. The Bertz CT molecular complexity index is 2190. The van der Waals surface area contributed by atoms with Gasteiger partial charge in [0.25, 0.3) is 11.5 Å². The van der Waals surface area contributed by atoms with Gasteiger partial charge in [0.2, 0.25) is 0 Å². The van der Waals surface area contributed by atoms with E-state index in [0.29, 0.717) is 34.2 Å². The molecule has 0 aliphatic rings. The Morgan fingerprint density at radius 3 is 2.37 bits per heavy atom. The van der Waals surface area contributed by atoms with Crippen LogP contribution in [0.1, 0.15) is 59.2 Å². The lowest BCUT2D eigenvalue weighted by Gasteiger charge is -2.18. The highest BCUT2D eigenvalue weighted by Crippen LogP contribution is 2.29. The van der Waals surface area contributed by atoms with Crippen LogP contribution in [0.3, 0.4) is 0 Å². The number of ether oxygens (including phenoxy) is 2. The Morgan fingerprint density at radius 1 is 0.889 bits per heavy atom. The van der Waals surface area contributed by atoms with E-state index in [9.17, 15) is 14.4 Å². The lowest BCUT2D eigenvalue weighted by Crippen LogP contribution is -2.29. The van der Waals surface area contributed by atoms with Crippen LogP contribution in [0.15, 0.2) is 83.7 Å². The number of halogens is 1. The second kappa shape index (κ2) is 17.5. The lowest BCUT2D eigenvalue weighted by atomic mass is 9.92. The van der Waals surface area contributed by atoms with Gasteiger partial charge in [0.05, 0.1) is 30.3 Å². The average Bonchev–Trinajstić information content (AvgIpc) is 3.58. The number of anilines is 1. The molecule has 284 valence electrons. The first-order valence-corrected chi connectivity index (χ1v) is 17.8. The van der Waals surface area contributed by atoms with E-state index < -0.39 is 11.6 Å². The molecule has 0 aliphatic heterocycles. The lowest BCUT2D eigenvalue weighted by molar-refractivity contribution is 0.0944. The van der Waals surface area contributed by atoms with Gasteiger partial charge in [-0.2, -0.15) is 5.10 Å². The zero-order valence-corrected chi connectivity index (χ0v) is 31.7. The molecular formula is C40H45ClN6O7. The van der Waals surface area contributed by atoms with E-state index in [1.54, 1.807) is 48.0 Å². The Hall–Kier alpha value is -5.63. The van der Waals surface area contributed by atoms with Gasteiger partial charge in [-0.15, -0.1) is 0 Å². The van der Waals surface area contributed by atoms with Crippen LogP contribution in [-0.2, 0) is 18.6 Å². The van der Waals surface area contributed by atoms with Gasteiger partial charge in [-0.1, -0.05) is 68.8 Å². The van der Waals surface area contributed by atoms with Crippen LogP contribution < -0.4 is 31.0 Å². The Balaban J connectivity index is 1.30. The predicted octanol–water partition coefficient (Wildman–Crippen LogP) is 5.58. The summed E-state index contributed by atoms with van der Waals surface area (Å²) in [6, 6.07) is 22.7. The number of nitrogens with one attached hydrogen (secondary N) is 3. The highest BCUT2D eigenvalue weighted by Gasteiger charge is 2.22. The summed E-state index contributed by atoms with van der Waals surface area (Å²) in [5.41, 5.74) is 4.33. The van der Waals surface area contributed by atoms with Crippen molar-refractivity contribution in [2.45, 2.75) is 53.2 Å². The number of urea groups is 1. The van der Waals surface area contributed by atoms with Crippen molar-refractivity contribution >= 4 is 29.4 Å². The van der Waals surface area contributed by atoms with Crippen molar-refractivity contribution in [2.75, 3.05) is 31.7 Å². The molecule has 5 rings (SSSR count). The van der Waals surface area contributed by atoms with Gasteiger partial charge in [-0.3, -0.25) is 19.5 Å². The zero-order valence-electron chi connectivity index (χ0n) is 30.9. The minimum absolute atomic E-state index is 0.0675. The standard InChI is InChI=1S/C40H45ClN6O7/c1-25-13-14-27(37(50)42-15-16-48)20-32(25)46-26(2)19-33(36(41)38(46)51)54-24-29-10-7-6-9-28(29)23-43-39(52)44-35-22-34(40(3,4)5)45-47(35)30-11-8-12-31(21-30)53-18-17-49/h6-14,19-22,48-49H,15-18,23-24H2,1-5H3,(H,42,50)(H2,43,44,52). The molecule has 0 spiro atoms. The fourth-order valence-electron chi connectivity index (χ4n) is 5.61. The SMILES string of the molecule is Cc1ccc(C(=O)NCCO)cc1-n1c(C)cc(OCc2ccccc2CNC(=O)Nc2cc(C(C)(C)C)nn2-c2cccc(OCCO)c2)c(Cl)c1=O. The van der Waals surface area contributed by atoms with Crippen molar-refractivity contribution in [1.82, 2.24) is 25.0 Å². The molecule has 0 bridgehead atoms. The maximum Gasteiger partial charge on any atom is 0.320 e. The second-order valence-corrected chi connectivity index (χ2v) is 14.0. The van der Waals surface area contributed by atoms with E-state index in [1.165, 1.54) is 4.57 Å². The number of amides is 3. The summed E-state index contributed by atoms with van der Waals surface area (Å²) in [6.07, 6.45) is 0. The molecule has 54 heavy (non-hydrogen) atoms. The molecule has 0 fully saturated rings. The molecular weight excluding hydrogens is 712 g/mol. The second-order valence-electron chi connectivity index (χ2n) is 13.6. The number of pyridine rings is 1. The summed E-state index contributed by atoms with van der Waals surface area (Å²) in [4.78, 5) is 39.4. The third-order valence-electron chi connectivity index (χ3n) is 8.49. The van der Waals surface area contributed by atoms with Crippen LogP contribution in [0.5, 0.6) is 11.5 Å². The molecule has 0 saturated carbocycles. The van der Waals surface area contributed by atoms with Gasteiger partial charge in [-0.25, -0.2) is 9.48 Å². The van der Waals surface area contributed by atoms with E-state index in [4.69, 9.17) is 36.4 Å². The molecule has 5 aromatic rings. The number of aliphatic hydroxyl groups is 2. The maximum absolute atomic E-state index is 13.6. The van der Waals surface area contributed by atoms with Crippen LogP contribution in [0, 0.1) is 13.8 Å². The molecule has 3 amide bonds. The third kappa shape index (κ3) is 9.47. The number of hydrogen-bond acceptors (Lipinski definition) is 8. The van der Waals surface area contributed by atoms with E-state index in [-0.39, 0.29) is 61.6 Å². The van der Waals surface area contributed by atoms with Crippen molar-refractivity contribution in [3.8, 4) is 22.9 Å². The number of carbonyl (C=O) groups is 2. The van der Waals surface area contributed by atoms with Crippen LogP contribution in [0.2, 0.25) is 5.02 Å². The highest BCUT2D eigenvalue weighted by atomic mass is 35.5. The molecule has 0 atom stereocenters. The van der Waals surface area contributed by atoms with Crippen LogP contribution in [-0.4, -0.2) is 62.9 Å². The van der Waals surface area contributed by atoms with Crippen molar-refractivity contribution in [3.05, 3.63) is 128 Å². The number of aliphatic hydroxyl groups excluding tert-OH is 2. The molecule has 5 N–H and O–H groups in total. The number of aromatic nitrogens is 3. The highest BCUT2D eigenvalue weighted by molar-refractivity contribution is 6.31. The minimum atomic E-state index is -0.507. The number of rotatable bonds is 14. The molecule has 0 radical (unpaired) electrons. The molecule has 13 nitrogen and oxygen atoms in total. The van der Waals surface area contributed by atoms with Crippen molar-refractivity contribution in [2.24, 2.45) is 0 Å². The molecule has 0 unspecified atom stereocenters. The van der Waals surface area contributed by atoms with Gasteiger partial charge < -0.3 is 30.3 Å². The van der Waals surface area contributed by atoms with E-state index in [2.05, 4.69) is 16.0 Å². The van der Waals surface area contributed by atoms with Crippen LogP contribution in [0.4, 0.5) is 10.6 Å². The summed E-state index contributed by atoms with van der Waals surface area (Å²) in [6.45, 7) is 9.87. The molecule has 0 saturated heterocycles. The van der Waals surface area contributed by atoms with Crippen molar-refractivity contribution in [1.29, 1.82) is 0 Å². The summed E-state index contributed by atoms with van der Waals surface area (Å²) < 4.78 is 14.7. The molecule has 3 aromatic carbocycles. The molecule has 0 aliphatic carbocycles. The number of nitrogens with zero attached hydrogens (tertiary/aromatic N) is 3. The van der Waals surface area contributed by atoms with Gasteiger partial charge >= 0.3 is 6.03 Å². The molecule has 2 heterocycles. The maximum atomic E-state index is 13.6. The van der Waals surface area contributed by atoms with Gasteiger partial charge in [0.1, 0.15) is 35.6 Å². The first-order chi connectivity index (χ1) is 25.8. The zero-order chi connectivity index (χ0) is 39.0. The first-order valence-electron chi connectivity index (χ1n) is 17.4. The largest absolute Gasteiger partial charge is 0.491 e. The summed E-state index contributed by atoms with van der Waals surface area (Å²) in [7, 11) is 0. The van der Waals surface area contributed by atoms with Crippen LogP contribution in [0.25, 0.3) is 11.4 Å². The first kappa shape index (κ1) is 39.6.